The minimum absolute atomic E-state index is 0.0339. The summed E-state index contributed by atoms with van der Waals surface area (Å²) >= 11 is 3.35. The zero-order chi connectivity index (χ0) is 12.8. The summed E-state index contributed by atoms with van der Waals surface area (Å²) in [5.74, 6) is 0.765. The van der Waals surface area contributed by atoms with E-state index in [1.165, 1.54) is 0 Å². The van der Waals surface area contributed by atoms with E-state index in [9.17, 15) is 0 Å². The maximum atomic E-state index is 7.35. The fraction of sp³-hybridized carbons (Fsp3) is 0.417. The van der Waals surface area contributed by atoms with Crippen molar-refractivity contribution in [3.63, 3.8) is 0 Å². The lowest BCUT2D eigenvalue weighted by atomic mass is 10.2. The highest BCUT2D eigenvalue weighted by atomic mass is 79.9. The number of hydrogen-bond donors (Lipinski definition) is 2. The molecular weight excluding hydrogens is 284 g/mol. The highest BCUT2D eigenvalue weighted by molar-refractivity contribution is 9.10. The topological polar surface area (TPSA) is 68.3 Å². The van der Waals surface area contributed by atoms with E-state index in [2.05, 4.69) is 15.9 Å². The van der Waals surface area contributed by atoms with E-state index < -0.39 is 0 Å². The van der Waals surface area contributed by atoms with Gasteiger partial charge in [0.1, 0.15) is 18.2 Å². The molecule has 0 amide bonds. The van der Waals surface area contributed by atoms with Crippen LogP contribution in [0.5, 0.6) is 5.75 Å². The molecule has 17 heavy (non-hydrogen) atoms. The van der Waals surface area contributed by atoms with Crippen LogP contribution in [0, 0.1) is 5.41 Å². The van der Waals surface area contributed by atoms with Gasteiger partial charge >= 0.3 is 0 Å². The predicted molar refractivity (Wildman–Crippen MR) is 71.7 cm³/mol. The molecule has 94 valence electrons. The van der Waals surface area contributed by atoms with Crippen molar-refractivity contribution in [2.24, 2.45) is 5.73 Å². The second kappa shape index (κ2) is 6.61. The van der Waals surface area contributed by atoms with E-state index >= 15 is 0 Å². The van der Waals surface area contributed by atoms with Crippen molar-refractivity contribution in [2.75, 3.05) is 13.2 Å². The zero-order valence-electron chi connectivity index (χ0n) is 10.00. The molecule has 1 rings (SSSR count). The summed E-state index contributed by atoms with van der Waals surface area (Å²) in [5, 5.41) is 7.35. The Balaban J connectivity index is 2.50. The molecule has 4 nitrogen and oxygen atoms in total. The Morgan fingerprint density at radius 1 is 1.41 bits per heavy atom. The van der Waals surface area contributed by atoms with Gasteiger partial charge in [-0.3, -0.25) is 5.41 Å². The van der Waals surface area contributed by atoms with Crippen molar-refractivity contribution in [1.29, 1.82) is 5.41 Å². The molecule has 0 unspecified atom stereocenters. The van der Waals surface area contributed by atoms with Crippen LogP contribution in [-0.2, 0) is 4.74 Å². The Kier molecular flexibility index (Phi) is 5.44. The van der Waals surface area contributed by atoms with Crippen LogP contribution >= 0.6 is 15.9 Å². The summed E-state index contributed by atoms with van der Waals surface area (Å²) in [6, 6.07) is 5.34. The van der Waals surface area contributed by atoms with Crippen molar-refractivity contribution in [2.45, 2.75) is 20.0 Å². The second-order valence-corrected chi connectivity index (χ2v) is 4.68. The molecule has 0 bridgehead atoms. The number of ether oxygens (including phenoxy) is 2. The highest BCUT2D eigenvalue weighted by Gasteiger charge is 2.04. The number of hydrogen-bond acceptors (Lipinski definition) is 3. The first-order chi connectivity index (χ1) is 8.00. The third-order valence-corrected chi connectivity index (χ3v) is 2.69. The lowest BCUT2D eigenvalue weighted by molar-refractivity contribution is 0.0552. The van der Waals surface area contributed by atoms with Crippen molar-refractivity contribution >= 4 is 21.8 Å². The van der Waals surface area contributed by atoms with Gasteiger partial charge < -0.3 is 15.2 Å². The van der Waals surface area contributed by atoms with Gasteiger partial charge in [-0.2, -0.15) is 0 Å². The van der Waals surface area contributed by atoms with Crippen molar-refractivity contribution in [1.82, 2.24) is 0 Å². The van der Waals surface area contributed by atoms with Gasteiger partial charge in [0.2, 0.25) is 0 Å². The molecule has 0 saturated carbocycles. The summed E-state index contributed by atoms with van der Waals surface area (Å²) in [7, 11) is 0. The SMILES string of the molecule is CC(C)OCCOc1ccc(C(=N)N)c(Br)c1. The van der Waals surface area contributed by atoms with Gasteiger partial charge in [-0.05, 0) is 48.0 Å². The Morgan fingerprint density at radius 3 is 2.65 bits per heavy atom. The fourth-order valence-electron chi connectivity index (χ4n) is 1.25. The summed E-state index contributed by atoms with van der Waals surface area (Å²) in [6.07, 6.45) is 0.213. The Hall–Kier alpha value is -1.07. The highest BCUT2D eigenvalue weighted by Crippen LogP contribution is 2.22. The van der Waals surface area contributed by atoms with Gasteiger partial charge in [0, 0.05) is 10.0 Å². The van der Waals surface area contributed by atoms with Crippen molar-refractivity contribution in [3.05, 3.63) is 28.2 Å². The van der Waals surface area contributed by atoms with Crippen LogP contribution in [0.4, 0.5) is 0 Å². The molecule has 0 aromatic heterocycles. The number of nitrogens with two attached hydrogens (primary N) is 1. The molecule has 5 heteroatoms. The van der Waals surface area contributed by atoms with E-state index in [0.717, 1.165) is 10.2 Å². The lowest BCUT2D eigenvalue weighted by Crippen LogP contribution is -2.13. The van der Waals surface area contributed by atoms with Crippen LogP contribution < -0.4 is 10.5 Å². The first kappa shape index (κ1) is 14.0. The molecule has 0 aliphatic heterocycles. The fourth-order valence-corrected chi connectivity index (χ4v) is 1.82. The van der Waals surface area contributed by atoms with Crippen LogP contribution in [0.25, 0.3) is 0 Å². The van der Waals surface area contributed by atoms with Crippen LogP contribution in [0.1, 0.15) is 19.4 Å². The van der Waals surface area contributed by atoms with Crippen LogP contribution in [0.2, 0.25) is 0 Å². The number of rotatable bonds is 6. The number of benzene rings is 1. The molecule has 0 saturated heterocycles. The van der Waals surface area contributed by atoms with Gasteiger partial charge in [0.25, 0.3) is 0 Å². The van der Waals surface area contributed by atoms with Crippen LogP contribution in [-0.4, -0.2) is 25.2 Å². The summed E-state index contributed by atoms with van der Waals surface area (Å²) in [6.45, 7) is 5.03. The van der Waals surface area contributed by atoms with Crippen molar-refractivity contribution < 1.29 is 9.47 Å². The van der Waals surface area contributed by atoms with Gasteiger partial charge in [0.15, 0.2) is 0 Å². The molecule has 0 aliphatic carbocycles. The smallest absolute Gasteiger partial charge is 0.123 e. The van der Waals surface area contributed by atoms with Crippen LogP contribution in [0.15, 0.2) is 22.7 Å². The number of amidine groups is 1. The molecule has 3 N–H and O–H groups in total. The van der Waals surface area contributed by atoms with E-state index in [0.29, 0.717) is 18.8 Å². The largest absolute Gasteiger partial charge is 0.491 e. The minimum atomic E-state index is 0.0339. The Morgan fingerprint density at radius 2 is 2.12 bits per heavy atom. The van der Waals surface area contributed by atoms with E-state index in [4.69, 9.17) is 20.6 Å². The number of nitrogens with one attached hydrogen (secondary N) is 1. The average molecular weight is 301 g/mol. The maximum Gasteiger partial charge on any atom is 0.123 e. The van der Waals surface area contributed by atoms with Crippen molar-refractivity contribution in [3.8, 4) is 5.75 Å². The standard InChI is InChI=1S/C12H17BrN2O2/c1-8(2)16-5-6-17-9-3-4-10(12(14)15)11(13)7-9/h3-4,7-8H,5-6H2,1-2H3,(H3,14,15). The summed E-state index contributed by atoms with van der Waals surface area (Å²) in [5.41, 5.74) is 6.07. The molecule has 0 fully saturated rings. The number of nitrogen functional groups attached to an aromatic ring is 1. The lowest BCUT2D eigenvalue weighted by Gasteiger charge is -2.10. The third kappa shape index (κ3) is 4.75. The Labute approximate surface area is 110 Å². The van der Waals surface area contributed by atoms with Gasteiger partial charge in [0.05, 0.1) is 12.7 Å². The van der Waals surface area contributed by atoms with Gasteiger partial charge in [-0.25, -0.2) is 0 Å². The maximum absolute atomic E-state index is 7.35. The molecule has 1 aromatic carbocycles. The summed E-state index contributed by atoms with van der Waals surface area (Å²) < 4.78 is 11.6. The predicted octanol–water partition coefficient (Wildman–Crippen LogP) is 2.54. The van der Waals surface area contributed by atoms with Crippen LogP contribution in [0.3, 0.4) is 0 Å². The third-order valence-electron chi connectivity index (χ3n) is 2.03. The molecule has 0 radical (unpaired) electrons. The van der Waals surface area contributed by atoms with Gasteiger partial charge in [-0.1, -0.05) is 0 Å². The first-order valence-corrected chi connectivity index (χ1v) is 6.18. The molecule has 1 aromatic rings. The second-order valence-electron chi connectivity index (χ2n) is 3.82. The van der Waals surface area contributed by atoms with E-state index in [-0.39, 0.29) is 11.9 Å². The average Bonchev–Trinajstić information content (AvgIpc) is 2.23. The number of halogens is 1. The molecular formula is C12H17BrN2O2. The monoisotopic (exact) mass is 300 g/mol. The van der Waals surface area contributed by atoms with E-state index in [1.807, 2.05) is 13.8 Å². The molecule has 0 aliphatic rings. The minimum Gasteiger partial charge on any atom is -0.491 e. The van der Waals surface area contributed by atoms with Gasteiger partial charge in [-0.15, -0.1) is 0 Å². The Bertz CT molecular complexity index is 394. The summed E-state index contributed by atoms with van der Waals surface area (Å²) in [4.78, 5) is 0. The molecule has 0 heterocycles. The quantitative estimate of drug-likeness (QED) is 0.482. The molecule has 0 atom stereocenters. The van der Waals surface area contributed by atoms with E-state index in [1.54, 1.807) is 18.2 Å². The molecule has 0 spiro atoms. The zero-order valence-corrected chi connectivity index (χ0v) is 11.6. The normalized spacial score (nSPS) is 10.6. The first-order valence-electron chi connectivity index (χ1n) is 5.39.